The lowest BCUT2D eigenvalue weighted by Gasteiger charge is -2.20. The van der Waals surface area contributed by atoms with Crippen LogP contribution < -0.4 is 9.64 Å². The number of likely N-dealkylation sites (tertiary alicyclic amines) is 1. The van der Waals surface area contributed by atoms with Gasteiger partial charge < -0.3 is 14.5 Å². The van der Waals surface area contributed by atoms with Crippen molar-refractivity contribution in [1.29, 1.82) is 5.26 Å². The predicted octanol–water partition coefficient (Wildman–Crippen LogP) is 2.31. The number of hydrogen-bond acceptors (Lipinski definition) is 5. The van der Waals surface area contributed by atoms with Crippen LogP contribution >= 0.6 is 0 Å². The average Bonchev–Trinajstić information content (AvgIpc) is 3.10. The highest BCUT2D eigenvalue weighted by molar-refractivity contribution is 5.94. The molecule has 0 aliphatic carbocycles. The zero-order valence-electron chi connectivity index (χ0n) is 14.3. The first kappa shape index (κ1) is 16.8. The summed E-state index contributed by atoms with van der Waals surface area (Å²) in [7, 11) is 3.84. The van der Waals surface area contributed by atoms with Crippen molar-refractivity contribution in [3.63, 3.8) is 0 Å². The minimum absolute atomic E-state index is 0.0639. The second-order valence-electron chi connectivity index (χ2n) is 6.19. The molecule has 1 aromatic heterocycles. The lowest BCUT2D eigenvalue weighted by atomic mass is 10.1. The number of carbonyl (C=O) groups excluding carboxylic acids is 1. The van der Waals surface area contributed by atoms with Gasteiger partial charge in [-0.25, -0.2) is 4.98 Å². The van der Waals surface area contributed by atoms with Crippen LogP contribution in [0.1, 0.15) is 22.3 Å². The van der Waals surface area contributed by atoms with Crippen molar-refractivity contribution in [2.45, 2.75) is 12.5 Å². The van der Waals surface area contributed by atoms with Crippen molar-refractivity contribution < 1.29 is 9.53 Å². The fourth-order valence-electron chi connectivity index (χ4n) is 2.90. The van der Waals surface area contributed by atoms with Crippen molar-refractivity contribution in [2.24, 2.45) is 0 Å². The van der Waals surface area contributed by atoms with Crippen molar-refractivity contribution in [1.82, 2.24) is 9.88 Å². The molecule has 2 heterocycles. The van der Waals surface area contributed by atoms with Crippen LogP contribution in [-0.2, 0) is 0 Å². The van der Waals surface area contributed by atoms with E-state index in [0.717, 1.165) is 18.0 Å². The molecule has 0 bridgehead atoms. The third-order valence-electron chi connectivity index (χ3n) is 4.14. The first-order valence-electron chi connectivity index (χ1n) is 8.17. The Hall–Kier alpha value is -3.07. The van der Waals surface area contributed by atoms with Crippen LogP contribution in [0.3, 0.4) is 0 Å². The number of nitrogens with zero attached hydrogens (tertiary/aromatic N) is 4. The molecule has 0 N–H and O–H groups in total. The molecular formula is C19H20N4O2. The topological polar surface area (TPSA) is 69.5 Å². The van der Waals surface area contributed by atoms with E-state index in [9.17, 15) is 4.79 Å². The molecule has 1 aliphatic heterocycles. The number of aromatic nitrogens is 1. The Labute approximate surface area is 147 Å². The summed E-state index contributed by atoms with van der Waals surface area (Å²) >= 11 is 0. The first-order chi connectivity index (χ1) is 12.1. The molecular weight excluding hydrogens is 316 g/mol. The smallest absolute Gasteiger partial charge is 0.254 e. The fourth-order valence-corrected chi connectivity index (χ4v) is 2.90. The Bertz CT molecular complexity index is 813. The molecule has 6 heteroatoms. The number of carbonyl (C=O) groups is 1. The first-order valence-corrected chi connectivity index (χ1v) is 8.17. The van der Waals surface area contributed by atoms with Gasteiger partial charge in [0, 0.05) is 38.8 Å². The van der Waals surface area contributed by atoms with Gasteiger partial charge in [-0.3, -0.25) is 4.79 Å². The number of rotatable bonds is 4. The van der Waals surface area contributed by atoms with E-state index in [-0.39, 0.29) is 12.0 Å². The largest absolute Gasteiger partial charge is 0.485 e. The van der Waals surface area contributed by atoms with Gasteiger partial charge in [-0.2, -0.15) is 5.26 Å². The lowest BCUT2D eigenvalue weighted by molar-refractivity contribution is 0.0772. The average molecular weight is 336 g/mol. The van der Waals surface area contributed by atoms with E-state index in [1.165, 1.54) is 0 Å². The van der Waals surface area contributed by atoms with E-state index in [0.29, 0.717) is 24.2 Å². The predicted molar refractivity (Wildman–Crippen MR) is 94.7 cm³/mol. The molecule has 1 amide bonds. The quantitative estimate of drug-likeness (QED) is 0.857. The molecule has 1 aliphatic rings. The Morgan fingerprint density at radius 1 is 1.36 bits per heavy atom. The number of benzene rings is 1. The van der Waals surface area contributed by atoms with E-state index in [4.69, 9.17) is 10.00 Å². The van der Waals surface area contributed by atoms with Crippen LogP contribution in [0.5, 0.6) is 5.75 Å². The molecule has 0 radical (unpaired) electrons. The number of pyridine rings is 1. The zero-order valence-corrected chi connectivity index (χ0v) is 14.3. The van der Waals surface area contributed by atoms with Crippen molar-refractivity contribution >= 4 is 11.7 Å². The van der Waals surface area contributed by atoms with Crippen molar-refractivity contribution in [3.8, 4) is 11.8 Å². The highest BCUT2D eigenvalue weighted by Gasteiger charge is 2.29. The summed E-state index contributed by atoms with van der Waals surface area (Å²) in [6.07, 6.45) is 2.44. The molecule has 3 rings (SSSR count). The summed E-state index contributed by atoms with van der Waals surface area (Å²) in [5, 5.41) is 8.98. The van der Waals surface area contributed by atoms with Gasteiger partial charge >= 0.3 is 0 Å². The molecule has 1 atom stereocenters. The highest BCUT2D eigenvalue weighted by Crippen LogP contribution is 2.27. The van der Waals surface area contributed by atoms with Gasteiger partial charge in [0.15, 0.2) is 11.6 Å². The molecule has 1 aromatic carbocycles. The Morgan fingerprint density at radius 2 is 2.20 bits per heavy atom. The molecule has 6 nitrogen and oxygen atoms in total. The van der Waals surface area contributed by atoms with Crippen LogP contribution in [-0.4, -0.2) is 49.1 Å². The number of nitriles is 1. The van der Waals surface area contributed by atoms with Crippen LogP contribution in [0.25, 0.3) is 0 Å². The molecule has 0 unspecified atom stereocenters. The monoisotopic (exact) mass is 336 g/mol. The van der Waals surface area contributed by atoms with Crippen LogP contribution in [0.2, 0.25) is 0 Å². The Morgan fingerprint density at radius 3 is 2.96 bits per heavy atom. The number of anilines is 1. The molecule has 0 spiro atoms. The summed E-state index contributed by atoms with van der Waals surface area (Å²) in [5.41, 5.74) is 1.03. The summed E-state index contributed by atoms with van der Waals surface area (Å²) in [6, 6.07) is 12.6. The number of amides is 1. The molecule has 1 fully saturated rings. The Kier molecular flexibility index (Phi) is 4.85. The summed E-state index contributed by atoms with van der Waals surface area (Å²) in [4.78, 5) is 20.6. The summed E-state index contributed by atoms with van der Waals surface area (Å²) < 4.78 is 6.08. The minimum atomic E-state index is -0.0674. The molecule has 128 valence electrons. The second-order valence-corrected chi connectivity index (χ2v) is 6.19. The van der Waals surface area contributed by atoms with Gasteiger partial charge in [0.25, 0.3) is 5.91 Å². The van der Waals surface area contributed by atoms with E-state index in [1.54, 1.807) is 35.4 Å². The van der Waals surface area contributed by atoms with E-state index < -0.39 is 0 Å². The zero-order chi connectivity index (χ0) is 17.8. The number of ether oxygens (including phenoxy) is 1. The van der Waals surface area contributed by atoms with Crippen molar-refractivity contribution in [2.75, 3.05) is 32.1 Å². The Balaban J connectivity index is 1.68. The summed E-state index contributed by atoms with van der Waals surface area (Å²) in [5.74, 6) is 1.43. The van der Waals surface area contributed by atoms with Crippen LogP contribution in [0.15, 0.2) is 42.6 Å². The SMILES string of the molecule is CN(C)c1ncccc1O[C@H]1CCN(C(=O)c2cccc(C#N)c2)C1. The summed E-state index contributed by atoms with van der Waals surface area (Å²) in [6.45, 7) is 1.16. The molecule has 25 heavy (non-hydrogen) atoms. The van der Waals surface area contributed by atoms with Gasteiger partial charge in [0.2, 0.25) is 0 Å². The fraction of sp³-hybridized carbons (Fsp3) is 0.316. The molecule has 0 saturated carbocycles. The maximum Gasteiger partial charge on any atom is 0.254 e. The van der Waals surface area contributed by atoms with Crippen LogP contribution in [0.4, 0.5) is 5.82 Å². The van der Waals surface area contributed by atoms with Gasteiger partial charge in [0.1, 0.15) is 6.10 Å². The highest BCUT2D eigenvalue weighted by atomic mass is 16.5. The standard InChI is InChI=1S/C19H20N4O2/c1-22(2)18-17(7-4-9-21-18)25-16-8-10-23(13-16)19(24)15-6-3-5-14(11-15)12-20/h3-7,9,11,16H,8,10,13H2,1-2H3/t16-/m0/s1. The molecule has 1 saturated heterocycles. The van der Waals surface area contributed by atoms with Gasteiger partial charge in [-0.1, -0.05) is 6.07 Å². The third-order valence-corrected chi connectivity index (χ3v) is 4.14. The van der Waals surface area contributed by atoms with E-state index in [1.807, 2.05) is 31.1 Å². The normalized spacial score (nSPS) is 16.4. The lowest BCUT2D eigenvalue weighted by Crippen LogP contribution is -2.31. The van der Waals surface area contributed by atoms with Gasteiger partial charge in [-0.15, -0.1) is 0 Å². The van der Waals surface area contributed by atoms with Gasteiger partial charge in [0.05, 0.1) is 18.2 Å². The third kappa shape index (κ3) is 3.72. The van der Waals surface area contributed by atoms with Gasteiger partial charge in [-0.05, 0) is 30.3 Å². The van der Waals surface area contributed by atoms with E-state index in [2.05, 4.69) is 11.1 Å². The second kappa shape index (κ2) is 7.22. The minimum Gasteiger partial charge on any atom is -0.485 e. The molecule has 2 aromatic rings. The maximum atomic E-state index is 12.6. The number of hydrogen-bond donors (Lipinski definition) is 0. The van der Waals surface area contributed by atoms with Crippen molar-refractivity contribution in [3.05, 3.63) is 53.7 Å². The van der Waals surface area contributed by atoms with E-state index >= 15 is 0 Å². The maximum absolute atomic E-state index is 12.6. The van der Waals surface area contributed by atoms with Crippen LogP contribution in [0, 0.1) is 11.3 Å².